The second kappa shape index (κ2) is 7.39. The van der Waals surface area contributed by atoms with Crippen LogP contribution >= 0.6 is 0 Å². The van der Waals surface area contributed by atoms with Crippen molar-refractivity contribution in [2.45, 2.75) is 19.4 Å². The number of nitrogens with zero attached hydrogens (tertiary/aromatic N) is 1. The van der Waals surface area contributed by atoms with Crippen LogP contribution in [0.2, 0.25) is 0 Å². The highest BCUT2D eigenvalue weighted by Crippen LogP contribution is 2.36. The lowest BCUT2D eigenvalue weighted by molar-refractivity contribution is -0.125. The molecular formula is C20H19FN2O3. The molecule has 1 N–H and O–H groups in total. The Hall–Kier alpha value is -3.15. The van der Waals surface area contributed by atoms with Gasteiger partial charge < -0.3 is 15.0 Å². The van der Waals surface area contributed by atoms with E-state index in [9.17, 15) is 14.0 Å². The summed E-state index contributed by atoms with van der Waals surface area (Å²) in [5.74, 6) is -0.169. The third-order valence-corrected chi connectivity index (χ3v) is 4.04. The molecule has 0 aliphatic carbocycles. The summed E-state index contributed by atoms with van der Waals surface area (Å²) >= 11 is 0. The van der Waals surface area contributed by atoms with E-state index in [2.05, 4.69) is 11.9 Å². The zero-order chi connectivity index (χ0) is 18.7. The number of anilines is 2. The van der Waals surface area contributed by atoms with Crippen LogP contribution in [0.1, 0.15) is 12.5 Å². The molecule has 0 bridgehead atoms. The number of hydrogen-bond donors (Lipinski definition) is 1. The number of ether oxygens (including phenoxy) is 1. The molecule has 1 atom stereocenters. The standard InChI is InChI=1S/C20H19FN2O3/c1-3-10-23-17-9-8-16(12-18(17)26-13(2)20(23)25)22-19(24)11-14-4-6-15(21)7-5-14/h3-9,12-13H,1,10-11H2,2H3,(H,22,24). The Kier molecular flexibility index (Phi) is 5.02. The summed E-state index contributed by atoms with van der Waals surface area (Å²) in [4.78, 5) is 26.0. The molecule has 1 aliphatic rings. The number of hydrogen-bond acceptors (Lipinski definition) is 3. The number of fused-ring (bicyclic) bond motifs is 1. The first-order chi connectivity index (χ1) is 12.5. The highest BCUT2D eigenvalue weighted by atomic mass is 19.1. The fourth-order valence-corrected chi connectivity index (χ4v) is 2.80. The number of carbonyl (C=O) groups is 2. The normalized spacial score (nSPS) is 15.8. The molecule has 0 spiro atoms. The number of amides is 2. The smallest absolute Gasteiger partial charge is 0.268 e. The molecule has 1 heterocycles. The van der Waals surface area contributed by atoms with E-state index in [1.807, 2.05) is 0 Å². The quantitative estimate of drug-likeness (QED) is 0.838. The molecule has 26 heavy (non-hydrogen) atoms. The number of nitrogens with one attached hydrogen (secondary N) is 1. The maximum Gasteiger partial charge on any atom is 0.268 e. The van der Waals surface area contributed by atoms with Crippen molar-refractivity contribution in [1.82, 2.24) is 0 Å². The number of carbonyl (C=O) groups excluding carboxylic acids is 2. The van der Waals surface area contributed by atoms with Crippen LogP contribution in [0.25, 0.3) is 0 Å². The molecule has 2 aromatic carbocycles. The molecule has 1 unspecified atom stereocenters. The van der Waals surface area contributed by atoms with Crippen LogP contribution in [0.4, 0.5) is 15.8 Å². The van der Waals surface area contributed by atoms with E-state index in [4.69, 9.17) is 4.74 Å². The van der Waals surface area contributed by atoms with Crippen LogP contribution in [0.3, 0.4) is 0 Å². The Labute approximate surface area is 151 Å². The van der Waals surface area contributed by atoms with Gasteiger partial charge in [0.25, 0.3) is 5.91 Å². The molecule has 0 fully saturated rings. The zero-order valence-corrected chi connectivity index (χ0v) is 14.4. The van der Waals surface area contributed by atoms with Crippen molar-refractivity contribution in [3.05, 3.63) is 66.5 Å². The highest BCUT2D eigenvalue weighted by molar-refractivity contribution is 6.01. The van der Waals surface area contributed by atoms with Gasteiger partial charge in [-0.1, -0.05) is 18.2 Å². The molecule has 2 aromatic rings. The van der Waals surface area contributed by atoms with Crippen molar-refractivity contribution in [3.63, 3.8) is 0 Å². The molecule has 3 rings (SSSR count). The summed E-state index contributed by atoms with van der Waals surface area (Å²) in [5.41, 5.74) is 1.93. The van der Waals surface area contributed by atoms with Crippen molar-refractivity contribution in [1.29, 1.82) is 0 Å². The third kappa shape index (κ3) is 3.74. The van der Waals surface area contributed by atoms with Crippen LogP contribution in [0, 0.1) is 5.82 Å². The SMILES string of the molecule is C=CCN1C(=O)C(C)Oc2cc(NC(=O)Cc3ccc(F)cc3)ccc21. The van der Waals surface area contributed by atoms with Crippen LogP contribution in [0.5, 0.6) is 5.75 Å². The minimum absolute atomic E-state index is 0.134. The number of rotatable bonds is 5. The molecule has 2 amide bonds. The fourth-order valence-electron chi connectivity index (χ4n) is 2.80. The molecule has 134 valence electrons. The first-order valence-corrected chi connectivity index (χ1v) is 8.25. The van der Waals surface area contributed by atoms with Crippen molar-refractivity contribution in [2.24, 2.45) is 0 Å². The minimum atomic E-state index is -0.604. The van der Waals surface area contributed by atoms with Gasteiger partial charge in [-0.3, -0.25) is 9.59 Å². The lowest BCUT2D eigenvalue weighted by Crippen LogP contribution is -2.44. The molecule has 1 aliphatic heterocycles. The fraction of sp³-hybridized carbons (Fsp3) is 0.200. The highest BCUT2D eigenvalue weighted by Gasteiger charge is 2.30. The van der Waals surface area contributed by atoms with E-state index in [-0.39, 0.29) is 24.1 Å². The maximum atomic E-state index is 12.9. The van der Waals surface area contributed by atoms with Crippen molar-refractivity contribution in [3.8, 4) is 5.75 Å². The van der Waals surface area contributed by atoms with Gasteiger partial charge in [0.1, 0.15) is 11.6 Å². The predicted molar refractivity (Wildman–Crippen MR) is 97.8 cm³/mol. The van der Waals surface area contributed by atoms with Gasteiger partial charge in [0, 0.05) is 18.3 Å². The Morgan fingerprint density at radius 3 is 2.73 bits per heavy atom. The topological polar surface area (TPSA) is 58.6 Å². The van der Waals surface area contributed by atoms with E-state index >= 15 is 0 Å². The molecule has 0 aromatic heterocycles. The predicted octanol–water partition coefficient (Wildman–Crippen LogP) is 3.31. The average Bonchev–Trinajstić information content (AvgIpc) is 2.61. The summed E-state index contributed by atoms with van der Waals surface area (Å²) in [5, 5.41) is 2.79. The van der Waals surface area contributed by atoms with Crippen LogP contribution in [-0.4, -0.2) is 24.5 Å². The zero-order valence-electron chi connectivity index (χ0n) is 14.4. The summed E-state index contributed by atoms with van der Waals surface area (Å²) in [6.45, 7) is 5.74. The average molecular weight is 354 g/mol. The summed E-state index contributed by atoms with van der Waals surface area (Å²) < 4.78 is 18.6. The summed E-state index contributed by atoms with van der Waals surface area (Å²) in [6, 6.07) is 10.9. The molecule has 5 nitrogen and oxygen atoms in total. The Balaban J connectivity index is 1.75. The van der Waals surface area contributed by atoms with Crippen LogP contribution < -0.4 is 15.0 Å². The molecular weight excluding hydrogens is 335 g/mol. The Bertz CT molecular complexity index is 849. The van der Waals surface area contributed by atoms with Crippen molar-refractivity contribution >= 4 is 23.2 Å². The lowest BCUT2D eigenvalue weighted by Gasteiger charge is -2.32. The van der Waals surface area contributed by atoms with Crippen molar-refractivity contribution < 1.29 is 18.7 Å². The molecule has 0 radical (unpaired) electrons. The van der Waals surface area contributed by atoms with E-state index in [1.54, 1.807) is 48.2 Å². The number of benzene rings is 2. The van der Waals surface area contributed by atoms with E-state index in [1.165, 1.54) is 12.1 Å². The van der Waals surface area contributed by atoms with E-state index in [0.717, 1.165) is 5.56 Å². The van der Waals surface area contributed by atoms with Gasteiger partial charge in [0.15, 0.2) is 6.10 Å². The van der Waals surface area contributed by atoms with Gasteiger partial charge in [-0.15, -0.1) is 6.58 Å². The summed E-state index contributed by atoms with van der Waals surface area (Å²) in [7, 11) is 0. The van der Waals surface area contributed by atoms with Crippen LogP contribution in [0.15, 0.2) is 55.1 Å². The van der Waals surface area contributed by atoms with Gasteiger partial charge in [0.05, 0.1) is 12.1 Å². The van der Waals surface area contributed by atoms with E-state index < -0.39 is 6.10 Å². The molecule has 0 saturated carbocycles. The molecule has 6 heteroatoms. The largest absolute Gasteiger partial charge is 0.479 e. The Morgan fingerprint density at radius 1 is 1.31 bits per heavy atom. The lowest BCUT2D eigenvalue weighted by atomic mass is 10.1. The van der Waals surface area contributed by atoms with Crippen LogP contribution in [-0.2, 0) is 16.0 Å². The molecule has 0 saturated heterocycles. The summed E-state index contributed by atoms with van der Waals surface area (Å²) in [6.07, 6.45) is 1.18. The first-order valence-electron chi connectivity index (χ1n) is 8.25. The second-order valence-electron chi connectivity index (χ2n) is 6.03. The third-order valence-electron chi connectivity index (χ3n) is 4.04. The maximum absolute atomic E-state index is 12.9. The second-order valence-corrected chi connectivity index (χ2v) is 6.03. The van der Waals surface area contributed by atoms with Gasteiger partial charge in [-0.05, 0) is 36.8 Å². The minimum Gasteiger partial charge on any atom is -0.479 e. The van der Waals surface area contributed by atoms with Gasteiger partial charge in [0.2, 0.25) is 5.91 Å². The van der Waals surface area contributed by atoms with E-state index in [0.29, 0.717) is 23.7 Å². The monoisotopic (exact) mass is 354 g/mol. The van der Waals surface area contributed by atoms with Crippen molar-refractivity contribution in [2.75, 3.05) is 16.8 Å². The number of halogens is 1. The Morgan fingerprint density at radius 2 is 2.04 bits per heavy atom. The van der Waals surface area contributed by atoms with Gasteiger partial charge >= 0.3 is 0 Å². The van der Waals surface area contributed by atoms with Gasteiger partial charge in [-0.25, -0.2) is 4.39 Å². The van der Waals surface area contributed by atoms with Gasteiger partial charge in [-0.2, -0.15) is 0 Å². The first kappa shape index (κ1) is 17.7.